The maximum atomic E-state index is 10.9. The van der Waals surface area contributed by atoms with Gasteiger partial charge in [-0.1, -0.05) is 6.92 Å². The van der Waals surface area contributed by atoms with E-state index in [0.29, 0.717) is 19.7 Å². The molecule has 15 heavy (non-hydrogen) atoms. The number of β-amino-alcohol motifs (C(OH)–C–C–N with tert-alkyl or cyclic N) is 1. The quantitative estimate of drug-likeness (QED) is 0.658. The Morgan fingerprint density at radius 3 is 2.73 bits per heavy atom. The van der Waals surface area contributed by atoms with Crippen LogP contribution in [-0.4, -0.2) is 60.5 Å². The van der Waals surface area contributed by atoms with Crippen molar-refractivity contribution in [2.24, 2.45) is 11.8 Å². The smallest absolute Gasteiger partial charge is 0.308 e. The summed E-state index contributed by atoms with van der Waals surface area (Å²) in [4.78, 5) is 12.8. The van der Waals surface area contributed by atoms with Crippen LogP contribution in [0.5, 0.6) is 0 Å². The fourth-order valence-corrected chi connectivity index (χ4v) is 2.08. The van der Waals surface area contributed by atoms with Crippen molar-refractivity contribution in [1.29, 1.82) is 0 Å². The topological polar surface area (TPSA) is 70.0 Å². The molecule has 1 fully saturated rings. The number of hydrogen-bond acceptors (Lipinski definition) is 4. The van der Waals surface area contributed by atoms with Crippen molar-refractivity contribution in [3.63, 3.8) is 0 Å². The van der Waals surface area contributed by atoms with Crippen LogP contribution in [0.25, 0.3) is 0 Å². The van der Waals surface area contributed by atoms with Gasteiger partial charge in [0.2, 0.25) is 0 Å². The molecule has 1 heterocycles. The molecule has 0 aromatic heterocycles. The summed E-state index contributed by atoms with van der Waals surface area (Å²) in [6.45, 7) is 3.97. The second kappa shape index (κ2) is 5.44. The summed E-state index contributed by atoms with van der Waals surface area (Å²) in [6, 6.07) is 0. The number of methoxy groups -OCH3 is 1. The highest BCUT2D eigenvalue weighted by molar-refractivity contribution is 5.71. The van der Waals surface area contributed by atoms with E-state index < -0.39 is 12.1 Å². The van der Waals surface area contributed by atoms with Gasteiger partial charge in [-0.2, -0.15) is 0 Å². The van der Waals surface area contributed by atoms with Crippen molar-refractivity contribution >= 4 is 5.97 Å². The Bertz CT molecular complexity index is 221. The third-order valence-electron chi connectivity index (χ3n) is 2.83. The van der Waals surface area contributed by atoms with Crippen molar-refractivity contribution in [1.82, 2.24) is 4.90 Å². The fourth-order valence-electron chi connectivity index (χ4n) is 2.08. The number of aliphatic carboxylic acids is 1. The van der Waals surface area contributed by atoms with Gasteiger partial charge < -0.3 is 14.9 Å². The van der Waals surface area contributed by atoms with Crippen LogP contribution in [0.2, 0.25) is 0 Å². The first kappa shape index (κ1) is 12.4. The number of ether oxygens (including phenoxy) is 1. The van der Waals surface area contributed by atoms with E-state index in [0.717, 1.165) is 6.54 Å². The molecular formula is C10H19NO4. The van der Waals surface area contributed by atoms with Gasteiger partial charge in [0.25, 0.3) is 0 Å². The van der Waals surface area contributed by atoms with Crippen molar-refractivity contribution in [3.05, 3.63) is 0 Å². The van der Waals surface area contributed by atoms with E-state index in [1.165, 1.54) is 7.11 Å². The van der Waals surface area contributed by atoms with Crippen LogP contribution in [0.3, 0.4) is 0 Å². The highest BCUT2D eigenvalue weighted by Gasteiger charge is 2.35. The molecule has 0 spiro atoms. The molecule has 0 amide bonds. The van der Waals surface area contributed by atoms with E-state index in [1.807, 2.05) is 11.8 Å². The second-order valence-electron chi connectivity index (χ2n) is 4.25. The van der Waals surface area contributed by atoms with Gasteiger partial charge in [0, 0.05) is 26.7 Å². The molecule has 0 saturated carbocycles. The van der Waals surface area contributed by atoms with Crippen LogP contribution in [0.1, 0.15) is 6.92 Å². The molecule has 1 aliphatic rings. The van der Waals surface area contributed by atoms with Gasteiger partial charge in [-0.15, -0.1) is 0 Å². The third kappa shape index (κ3) is 3.44. The van der Waals surface area contributed by atoms with Gasteiger partial charge in [0.05, 0.1) is 18.6 Å². The molecule has 0 bridgehead atoms. The van der Waals surface area contributed by atoms with Gasteiger partial charge in [-0.3, -0.25) is 9.69 Å². The Labute approximate surface area is 89.6 Å². The van der Waals surface area contributed by atoms with Crippen molar-refractivity contribution in [2.75, 3.05) is 33.4 Å². The number of nitrogens with zero attached hydrogens (tertiary/aromatic N) is 1. The molecule has 5 heteroatoms. The van der Waals surface area contributed by atoms with Gasteiger partial charge >= 0.3 is 5.97 Å². The Kier molecular flexibility index (Phi) is 4.50. The molecule has 5 nitrogen and oxygen atoms in total. The summed E-state index contributed by atoms with van der Waals surface area (Å²) >= 11 is 0. The highest BCUT2D eigenvalue weighted by atomic mass is 16.5. The van der Waals surface area contributed by atoms with E-state index in [1.54, 1.807) is 0 Å². The van der Waals surface area contributed by atoms with E-state index in [2.05, 4.69) is 0 Å². The zero-order chi connectivity index (χ0) is 11.4. The minimum Gasteiger partial charge on any atom is -0.481 e. The lowest BCUT2D eigenvalue weighted by atomic mass is 9.99. The maximum absolute atomic E-state index is 10.9. The Morgan fingerprint density at radius 1 is 1.60 bits per heavy atom. The van der Waals surface area contributed by atoms with Crippen LogP contribution >= 0.6 is 0 Å². The van der Waals surface area contributed by atoms with Crippen LogP contribution < -0.4 is 0 Å². The standard InChI is InChI=1S/C10H19NO4/c1-7-3-11(4-8(12)6-15-2)5-9(7)10(13)14/h7-9,12H,3-6H2,1-2H3,(H,13,14)/t7-,8?,9-/m1/s1. The highest BCUT2D eigenvalue weighted by Crippen LogP contribution is 2.22. The minimum atomic E-state index is -0.744. The average Bonchev–Trinajstić information content (AvgIpc) is 2.47. The fraction of sp³-hybridized carbons (Fsp3) is 0.900. The van der Waals surface area contributed by atoms with Crippen LogP contribution in [0.4, 0.5) is 0 Å². The van der Waals surface area contributed by atoms with Crippen molar-refractivity contribution in [2.45, 2.75) is 13.0 Å². The molecule has 0 aromatic carbocycles. The zero-order valence-electron chi connectivity index (χ0n) is 9.22. The molecule has 3 atom stereocenters. The largest absolute Gasteiger partial charge is 0.481 e. The molecule has 1 saturated heterocycles. The maximum Gasteiger partial charge on any atom is 0.308 e. The molecule has 1 aliphatic heterocycles. The van der Waals surface area contributed by atoms with Gasteiger partial charge in [-0.25, -0.2) is 0 Å². The summed E-state index contributed by atoms with van der Waals surface area (Å²) in [6.07, 6.45) is -0.533. The summed E-state index contributed by atoms with van der Waals surface area (Å²) in [7, 11) is 1.54. The number of carboxylic acids is 1. The summed E-state index contributed by atoms with van der Waals surface area (Å²) in [5, 5.41) is 18.4. The molecule has 1 unspecified atom stereocenters. The van der Waals surface area contributed by atoms with Crippen LogP contribution in [0, 0.1) is 11.8 Å². The predicted octanol–water partition coefficient (Wildman–Crippen LogP) is -0.354. The number of carboxylic acid groups (broad SMARTS) is 1. The minimum absolute atomic E-state index is 0.150. The normalized spacial score (nSPS) is 29.3. The van der Waals surface area contributed by atoms with E-state index in [9.17, 15) is 9.90 Å². The van der Waals surface area contributed by atoms with Crippen LogP contribution in [0.15, 0.2) is 0 Å². The first-order valence-electron chi connectivity index (χ1n) is 5.16. The molecule has 0 aliphatic carbocycles. The number of carbonyl (C=O) groups is 1. The first-order valence-corrected chi connectivity index (χ1v) is 5.16. The number of rotatable bonds is 5. The monoisotopic (exact) mass is 217 g/mol. The van der Waals surface area contributed by atoms with E-state index >= 15 is 0 Å². The van der Waals surface area contributed by atoms with Gasteiger partial charge in [-0.05, 0) is 5.92 Å². The lowest BCUT2D eigenvalue weighted by Crippen LogP contribution is -2.33. The summed E-state index contributed by atoms with van der Waals surface area (Å²) < 4.78 is 4.82. The van der Waals surface area contributed by atoms with Crippen molar-refractivity contribution in [3.8, 4) is 0 Å². The molecule has 2 N–H and O–H groups in total. The summed E-state index contributed by atoms with van der Waals surface area (Å²) in [5.41, 5.74) is 0. The molecule has 0 aromatic rings. The SMILES string of the molecule is COCC(O)CN1C[C@@H](C)[C@H](C(=O)O)C1. The lowest BCUT2D eigenvalue weighted by Gasteiger charge is -2.18. The van der Waals surface area contributed by atoms with E-state index in [4.69, 9.17) is 9.84 Å². The first-order chi connectivity index (χ1) is 7.04. The number of aliphatic hydroxyl groups excluding tert-OH is 1. The molecule has 88 valence electrons. The van der Waals surface area contributed by atoms with Gasteiger partial charge in [0.15, 0.2) is 0 Å². The zero-order valence-corrected chi connectivity index (χ0v) is 9.22. The Morgan fingerprint density at radius 2 is 2.27 bits per heavy atom. The van der Waals surface area contributed by atoms with Crippen molar-refractivity contribution < 1.29 is 19.7 Å². The third-order valence-corrected chi connectivity index (χ3v) is 2.83. The Balaban J connectivity index is 2.38. The average molecular weight is 217 g/mol. The molecule has 1 rings (SSSR count). The predicted molar refractivity (Wildman–Crippen MR) is 54.6 cm³/mol. The summed E-state index contributed by atoms with van der Waals surface area (Å²) in [5.74, 6) is -0.900. The Hall–Kier alpha value is -0.650. The van der Waals surface area contributed by atoms with Gasteiger partial charge in [0.1, 0.15) is 0 Å². The number of hydrogen-bond donors (Lipinski definition) is 2. The molecular weight excluding hydrogens is 198 g/mol. The van der Waals surface area contributed by atoms with E-state index in [-0.39, 0.29) is 11.8 Å². The lowest BCUT2D eigenvalue weighted by molar-refractivity contribution is -0.142. The second-order valence-corrected chi connectivity index (χ2v) is 4.25. The number of likely N-dealkylation sites (tertiary alicyclic amines) is 1. The number of aliphatic hydroxyl groups is 1. The van der Waals surface area contributed by atoms with Crippen LogP contribution in [-0.2, 0) is 9.53 Å². The molecule has 0 radical (unpaired) electrons.